The summed E-state index contributed by atoms with van der Waals surface area (Å²) < 4.78 is 75.4. The number of unbranched alkanes of at least 4 members (excludes halogenated alkanes) is 3. The minimum atomic E-state index is -1.00. The van der Waals surface area contributed by atoms with Crippen molar-refractivity contribution in [2.75, 3.05) is 168 Å². The Bertz CT molecular complexity index is 4490. The minimum absolute atomic E-state index is 0.0142. The van der Waals surface area contributed by atoms with Gasteiger partial charge in [-0.2, -0.15) is 5.26 Å². The first-order valence-electron chi connectivity index (χ1n) is 44.4. The van der Waals surface area contributed by atoms with Crippen molar-refractivity contribution in [2.24, 2.45) is 0 Å². The molecule has 3 saturated heterocycles. The average molecular weight is 1760 g/mol. The van der Waals surface area contributed by atoms with Crippen LogP contribution in [-0.4, -0.2) is 219 Å². The predicted octanol–water partition coefficient (Wildman–Crippen LogP) is 15.3. The van der Waals surface area contributed by atoms with Gasteiger partial charge in [0.1, 0.15) is 51.3 Å². The van der Waals surface area contributed by atoms with Crippen molar-refractivity contribution in [3.8, 4) is 40.6 Å². The van der Waals surface area contributed by atoms with Crippen LogP contribution in [0.15, 0.2) is 237 Å². The van der Waals surface area contributed by atoms with E-state index < -0.39 is 25.2 Å². The molecule has 9 aromatic rings. The number of hydrogen-bond acceptors (Lipinski definition) is 21. The lowest BCUT2D eigenvalue weighted by molar-refractivity contribution is -0.126. The van der Waals surface area contributed by atoms with Crippen LogP contribution in [0.2, 0.25) is 0 Å². The molecule has 3 amide bonds. The van der Waals surface area contributed by atoms with Gasteiger partial charge in [-0.15, -0.1) is 0 Å². The molecule has 5 N–H and O–H groups in total. The largest absolute Gasteiger partial charge is 0.497 e. The number of ether oxygens (including phenoxy) is 11. The third-order valence-electron chi connectivity index (χ3n) is 23.1. The Labute approximate surface area is 752 Å². The number of carbonyl (C=O) groups excluding carboxylic acids is 3. The number of aliphatic hydroxyl groups excluding tert-OH is 1. The fourth-order valence-electron chi connectivity index (χ4n) is 16.4. The third kappa shape index (κ3) is 28.6. The molecular formula is C102H130N7O17P. The first-order valence-corrected chi connectivity index (χ1v) is 46.1. The van der Waals surface area contributed by atoms with E-state index in [2.05, 4.69) is 146 Å². The number of nitriles is 1. The summed E-state index contributed by atoms with van der Waals surface area (Å²) in [4.78, 5) is 42.7. The van der Waals surface area contributed by atoms with Crippen molar-refractivity contribution in [2.45, 2.75) is 118 Å². The van der Waals surface area contributed by atoms with Crippen LogP contribution in [0.3, 0.4) is 0 Å². The van der Waals surface area contributed by atoms with Crippen LogP contribution in [0.4, 0.5) is 0 Å². The monoisotopic (exact) mass is 1760 g/mol. The van der Waals surface area contributed by atoms with E-state index in [4.69, 9.17) is 71.5 Å². The first kappa shape index (κ1) is 98.8. The van der Waals surface area contributed by atoms with Gasteiger partial charge < -0.3 is 87.5 Å². The number of likely N-dealkylation sites (tertiary alicyclic amines) is 2. The summed E-state index contributed by atoms with van der Waals surface area (Å²) in [5, 5.41) is 30.1. The van der Waals surface area contributed by atoms with Crippen molar-refractivity contribution in [3.05, 3.63) is 287 Å². The Morgan fingerprint density at radius 1 is 0.386 bits per heavy atom. The Morgan fingerprint density at radius 3 is 0.992 bits per heavy atom. The normalized spacial score (nSPS) is 15.4. The number of nitrogens with one attached hydrogen (secondary N) is 4. The molecule has 0 spiro atoms. The van der Waals surface area contributed by atoms with Gasteiger partial charge in [-0.3, -0.25) is 24.2 Å². The molecular weight excluding hydrogens is 1630 g/mol. The summed E-state index contributed by atoms with van der Waals surface area (Å²) in [6.45, 7) is 12.0. The van der Waals surface area contributed by atoms with Crippen molar-refractivity contribution >= 4 is 26.1 Å². The quantitative estimate of drug-likeness (QED) is 0.0135. The Balaban J connectivity index is 0.000000201. The standard InChI is InChI=1S/C38H50N3O7P.C34H44N2O6.C30H36N2O4/c1-43-34-18-14-32(15-19-34)38(31-11-5-4-6-12-31,33-16-20-35(44-2)21-17-33)46-26-8-7-23-40-37(42)36-13-9-24-41(36)25-28-45-29-30-48-49(3)47-27-10-22-39;1-39-30-16-12-28(13-17-30)34(27-9-4-3-5-10-27,29-14-18-31(40-2)19-15-29)42-24-7-6-20-35-33(38)32-11-8-21-36(32)22-25-41-26-23-37;1-34-26-16-12-24(13-17-26)30(23-9-4-3-5-10-23,25-14-18-27(35-2)19-15-25)36-22-7-6-20-32-29(33)28-11-8-21-31-28/h4-6,11-12,14-21,36H,7-10,13,23-30H2,1-3H3,(H,40,42);3-5,9-10,12-19,32,37H,6-8,11,20-26H2,1-2H3,(H,35,38);3-5,9-10,12-19,28,31H,6-8,11,20-22H2,1-2H3,(H,32,33)/t36-,49?;32-;28-/m000/s1. The Kier molecular flexibility index (Phi) is 42.1. The zero-order valence-electron chi connectivity index (χ0n) is 74.9. The molecule has 24 nitrogen and oxygen atoms in total. The van der Waals surface area contributed by atoms with E-state index >= 15 is 0 Å². The Hall–Kier alpha value is -10.3. The molecule has 0 aliphatic carbocycles. The molecule has 4 atom stereocenters. The summed E-state index contributed by atoms with van der Waals surface area (Å²) in [5.41, 5.74) is 6.59. The number of nitrogens with zero attached hydrogens (tertiary/aromatic N) is 3. The molecule has 3 heterocycles. The highest BCUT2D eigenvalue weighted by Crippen LogP contribution is 2.46. The molecule has 12 rings (SSSR count). The average Bonchev–Trinajstić information content (AvgIpc) is 1.48. The van der Waals surface area contributed by atoms with Crippen molar-refractivity contribution in [1.82, 2.24) is 31.1 Å². The second kappa shape index (κ2) is 54.1. The van der Waals surface area contributed by atoms with Gasteiger partial charge in [0.2, 0.25) is 17.7 Å². The topological polar surface area (TPSA) is 270 Å². The van der Waals surface area contributed by atoms with Crippen LogP contribution >= 0.6 is 8.38 Å². The highest BCUT2D eigenvalue weighted by atomic mass is 31.2. The maximum atomic E-state index is 13.1. The lowest BCUT2D eigenvalue weighted by Gasteiger charge is -2.36. The molecule has 3 aliphatic heterocycles. The molecule has 0 aromatic heterocycles. The maximum Gasteiger partial charge on any atom is 0.237 e. The van der Waals surface area contributed by atoms with E-state index in [1.54, 1.807) is 42.7 Å². The number of benzene rings is 9. The zero-order chi connectivity index (χ0) is 89.6. The highest BCUT2D eigenvalue weighted by Gasteiger charge is 2.42. The molecule has 0 bridgehead atoms. The van der Waals surface area contributed by atoms with Gasteiger partial charge in [-0.05, 0) is 220 Å². The van der Waals surface area contributed by atoms with Crippen molar-refractivity contribution in [3.63, 3.8) is 0 Å². The third-order valence-corrected chi connectivity index (χ3v) is 24.2. The maximum absolute atomic E-state index is 13.1. The van der Waals surface area contributed by atoms with Gasteiger partial charge >= 0.3 is 0 Å². The molecule has 25 heteroatoms. The van der Waals surface area contributed by atoms with Crippen LogP contribution in [0.25, 0.3) is 0 Å². The number of aliphatic hydroxyl groups is 1. The fraction of sp³-hybridized carbons (Fsp3) is 0.431. The number of amides is 3. The van der Waals surface area contributed by atoms with Gasteiger partial charge in [-0.1, -0.05) is 164 Å². The summed E-state index contributed by atoms with van der Waals surface area (Å²) >= 11 is 0. The summed E-state index contributed by atoms with van der Waals surface area (Å²) in [7, 11) is 8.99. The predicted molar refractivity (Wildman–Crippen MR) is 495 cm³/mol. The van der Waals surface area contributed by atoms with E-state index in [9.17, 15) is 14.4 Å². The molecule has 127 heavy (non-hydrogen) atoms. The molecule has 0 radical (unpaired) electrons. The summed E-state index contributed by atoms with van der Waals surface area (Å²) in [6, 6.07) is 80.8. The van der Waals surface area contributed by atoms with Gasteiger partial charge in [0.05, 0.1) is 120 Å². The van der Waals surface area contributed by atoms with Gasteiger partial charge in [-0.25, -0.2) is 0 Å². The van der Waals surface area contributed by atoms with Crippen LogP contribution in [-0.2, 0) is 63.9 Å². The second-order valence-corrected chi connectivity index (χ2v) is 32.4. The van der Waals surface area contributed by atoms with Crippen molar-refractivity contribution in [1.29, 1.82) is 5.26 Å². The van der Waals surface area contributed by atoms with Crippen LogP contribution < -0.4 is 49.7 Å². The van der Waals surface area contributed by atoms with Crippen LogP contribution in [0.5, 0.6) is 34.5 Å². The number of methoxy groups -OCH3 is 6. The fourth-order valence-corrected chi connectivity index (χ4v) is 17.1. The molecule has 680 valence electrons. The van der Waals surface area contributed by atoms with E-state index in [0.29, 0.717) is 98.6 Å². The first-order chi connectivity index (χ1) is 62.3. The highest BCUT2D eigenvalue weighted by molar-refractivity contribution is 7.46. The van der Waals surface area contributed by atoms with Crippen LogP contribution in [0, 0.1) is 11.3 Å². The summed E-state index contributed by atoms with van der Waals surface area (Å²) in [6.07, 6.45) is 10.8. The van der Waals surface area contributed by atoms with E-state index in [0.717, 1.165) is 181 Å². The number of carbonyl (C=O) groups is 3. The minimum Gasteiger partial charge on any atom is -0.497 e. The lowest BCUT2D eigenvalue weighted by atomic mass is 9.80. The zero-order valence-corrected chi connectivity index (χ0v) is 75.8. The summed E-state index contributed by atoms with van der Waals surface area (Å²) in [5.74, 6) is 4.96. The SMILES string of the molecule is COc1ccc(C(OCCCCNC(=O)[C@@H]2CCCN2)(c2ccccc2)c2ccc(OC)cc2)cc1.COc1ccc(C(OCCCCNC(=O)[C@@H]2CCCN2CCOCCO)(c2ccccc2)c2ccc(OC)cc2)cc1.COc1ccc(C(OCCCCNC(=O)[C@@H]2CCCN2CCOCCOP(C)OCCC#N)(c2ccccc2)c2ccc(OC)cc2)cc1. The second-order valence-electron chi connectivity index (χ2n) is 31.1. The number of rotatable bonds is 51. The van der Waals surface area contributed by atoms with Crippen LogP contribution in [0.1, 0.15) is 134 Å². The van der Waals surface area contributed by atoms with Gasteiger partial charge in [0.25, 0.3) is 0 Å². The molecule has 1 unspecified atom stereocenters. The molecule has 3 aliphatic rings. The number of hydrogen-bond donors (Lipinski definition) is 5. The van der Waals surface area contributed by atoms with E-state index in [-0.39, 0.29) is 42.5 Å². The molecule has 3 fully saturated rings. The van der Waals surface area contributed by atoms with Crippen molar-refractivity contribution < 1.29 is 80.6 Å². The molecule has 0 saturated carbocycles. The van der Waals surface area contributed by atoms with E-state index in [1.807, 2.05) is 134 Å². The Morgan fingerprint density at radius 2 is 0.693 bits per heavy atom. The van der Waals surface area contributed by atoms with E-state index in [1.165, 1.54) is 0 Å². The lowest BCUT2D eigenvalue weighted by Crippen LogP contribution is -2.44. The van der Waals surface area contributed by atoms with Gasteiger partial charge in [0, 0.05) is 59.2 Å². The molecule has 9 aromatic carbocycles. The van der Waals surface area contributed by atoms with Gasteiger partial charge in [0.15, 0.2) is 8.38 Å². The smallest absolute Gasteiger partial charge is 0.237 e.